The van der Waals surface area contributed by atoms with Gasteiger partial charge in [-0.2, -0.15) is 0 Å². The van der Waals surface area contributed by atoms with Gasteiger partial charge in [0.1, 0.15) is 5.60 Å². The number of halogens is 1. The Hall–Kier alpha value is -1.29. The lowest BCUT2D eigenvalue weighted by Crippen LogP contribution is -2.36. The molecule has 19 heavy (non-hydrogen) atoms. The maximum absolute atomic E-state index is 12.2. The first-order valence-corrected chi connectivity index (χ1v) is 6.85. The van der Waals surface area contributed by atoms with Gasteiger partial charge in [-0.3, -0.25) is 4.98 Å². The van der Waals surface area contributed by atoms with Gasteiger partial charge in [-0.25, -0.2) is 4.79 Å². The van der Waals surface area contributed by atoms with Gasteiger partial charge in [-0.05, 0) is 45.2 Å². The summed E-state index contributed by atoms with van der Waals surface area (Å²) in [6.45, 7) is 6.33. The molecule has 1 amide bonds. The molecule has 1 aliphatic heterocycles. The van der Waals surface area contributed by atoms with Crippen LogP contribution >= 0.6 is 11.6 Å². The van der Waals surface area contributed by atoms with E-state index in [1.165, 1.54) is 0 Å². The van der Waals surface area contributed by atoms with Crippen molar-refractivity contribution in [2.75, 3.05) is 6.54 Å². The first kappa shape index (κ1) is 14.1. The van der Waals surface area contributed by atoms with Gasteiger partial charge in [0.25, 0.3) is 0 Å². The van der Waals surface area contributed by atoms with Crippen LogP contribution in [-0.4, -0.2) is 28.1 Å². The molecule has 1 aromatic rings. The first-order valence-electron chi connectivity index (χ1n) is 6.47. The average Bonchev–Trinajstić information content (AvgIpc) is 2.75. The molecule has 4 nitrogen and oxygen atoms in total. The summed E-state index contributed by atoms with van der Waals surface area (Å²) in [5.74, 6) is 0. The van der Waals surface area contributed by atoms with Crippen LogP contribution in [0.25, 0.3) is 0 Å². The van der Waals surface area contributed by atoms with Gasteiger partial charge in [0.2, 0.25) is 0 Å². The number of pyridine rings is 1. The second kappa shape index (κ2) is 5.37. The molecule has 2 heterocycles. The summed E-state index contributed by atoms with van der Waals surface area (Å²) < 4.78 is 5.44. The maximum Gasteiger partial charge on any atom is 0.410 e. The SMILES string of the molecule is CC(C)(C)OC(=O)N1CCC[C@@H]1c1cncc(Cl)c1. The third-order valence-electron chi connectivity index (χ3n) is 2.99. The van der Waals surface area contributed by atoms with Crippen LogP contribution in [0.15, 0.2) is 18.5 Å². The smallest absolute Gasteiger partial charge is 0.410 e. The predicted molar refractivity (Wildman–Crippen MR) is 74.2 cm³/mol. The number of carbonyl (C=O) groups excluding carboxylic acids is 1. The number of ether oxygens (including phenoxy) is 1. The Morgan fingerprint density at radius 2 is 2.21 bits per heavy atom. The van der Waals surface area contributed by atoms with Crippen LogP contribution in [0.1, 0.15) is 45.2 Å². The minimum Gasteiger partial charge on any atom is -0.444 e. The van der Waals surface area contributed by atoms with Gasteiger partial charge in [0.15, 0.2) is 0 Å². The van der Waals surface area contributed by atoms with Crippen LogP contribution in [0.2, 0.25) is 5.02 Å². The number of carbonyl (C=O) groups is 1. The topological polar surface area (TPSA) is 42.4 Å². The lowest BCUT2D eigenvalue weighted by atomic mass is 10.1. The van der Waals surface area contributed by atoms with Crippen LogP contribution < -0.4 is 0 Å². The first-order chi connectivity index (χ1) is 8.87. The quantitative estimate of drug-likeness (QED) is 0.787. The summed E-state index contributed by atoms with van der Waals surface area (Å²) >= 11 is 5.96. The summed E-state index contributed by atoms with van der Waals surface area (Å²) in [7, 11) is 0. The molecule has 0 spiro atoms. The normalized spacial score (nSPS) is 19.6. The van der Waals surface area contributed by atoms with Crippen molar-refractivity contribution in [2.24, 2.45) is 0 Å². The largest absolute Gasteiger partial charge is 0.444 e. The minimum absolute atomic E-state index is 0.0149. The summed E-state index contributed by atoms with van der Waals surface area (Å²) in [4.78, 5) is 18.0. The Balaban J connectivity index is 2.15. The predicted octanol–water partition coefficient (Wildman–Crippen LogP) is 3.81. The van der Waals surface area contributed by atoms with Crippen molar-refractivity contribution in [1.82, 2.24) is 9.88 Å². The van der Waals surface area contributed by atoms with Crippen molar-refractivity contribution in [1.29, 1.82) is 0 Å². The fraction of sp³-hybridized carbons (Fsp3) is 0.571. The van der Waals surface area contributed by atoms with E-state index in [4.69, 9.17) is 16.3 Å². The average molecular weight is 283 g/mol. The van der Waals surface area contributed by atoms with E-state index in [0.29, 0.717) is 11.6 Å². The molecular formula is C14H19ClN2O2. The molecule has 1 aromatic heterocycles. The van der Waals surface area contributed by atoms with E-state index in [0.717, 1.165) is 18.4 Å². The molecule has 5 heteroatoms. The van der Waals surface area contributed by atoms with E-state index < -0.39 is 5.60 Å². The minimum atomic E-state index is -0.475. The Bertz CT molecular complexity index is 471. The molecule has 1 atom stereocenters. The summed E-state index contributed by atoms with van der Waals surface area (Å²) in [6.07, 6.45) is 4.98. The molecule has 0 bridgehead atoms. The third kappa shape index (κ3) is 3.60. The summed E-state index contributed by atoms with van der Waals surface area (Å²) in [5, 5.41) is 0.591. The van der Waals surface area contributed by atoms with Gasteiger partial charge in [0, 0.05) is 18.9 Å². The molecule has 0 aromatic carbocycles. The second-order valence-corrected chi connectivity index (χ2v) is 6.20. The fourth-order valence-electron chi connectivity index (χ4n) is 2.26. The number of amides is 1. The highest BCUT2D eigenvalue weighted by Gasteiger charge is 2.33. The molecule has 1 fully saturated rings. The summed E-state index contributed by atoms with van der Waals surface area (Å²) in [5.41, 5.74) is 0.493. The molecular weight excluding hydrogens is 264 g/mol. The van der Waals surface area contributed by atoms with E-state index in [-0.39, 0.29) is 12.1 Å². The van der Waals surface area contributed by atoms with Crippen molar-refractivity contribution in [3.05, 3.63) is 29.0 Å². The third-order valence-corrected chi connectivity index (χ3v) is 3.20. The van der Waals surface area contributed by atoms with E-state index in [9.17, 15) is 4.79 Å². The molecule has 2 rings (SSSR count). The summed E-state index contributed by atoms with van der Waals surface area (Å²) in [6, 6.07) is 1.88. The van der Waals surface area contributed by atoms with Crippen LogP contribution in [0, 0.1) is 0 Å². The molecule has 0 radical (unpaired) electrons. The number of nitrogens with zero attached hydrogens (tertiary/aromatic N) is 2. The van der Waals surface area contributed by atoms with Crippen LogP contribution in [0.5, 0.6) is 0 Å². The van der Waals surface area contributed by atoms with Crippen LogP contribution in [0.4, 0.5) is 4.79 Å². The van der Waals surface area contributed by atoms with Crippen molar-refractivity contribution in [2.45, 2.75) is 45.3 Å². The standard InChI is InChI=1S/C14H19ClN2O2/c1-14(2,3)19-13(18)17-6-4-5-12(17)10-7-11(15)9-16-8-10/h7-9,12H,4-6H2,1-3H3/t12-/m1/s1. The second-order valence-electron chi connectivity index (χ2n) is 5.77. The van der Waals surface area contributed by atoms with Gasteiger partial charge in [-0.1, -0.05) is 11.6 Å². The van der Waals surface area contributed by atoms with Crippen molar-refractivity contribution in [3.63, 3.8) is 0 Å². The number of rotatable bonds is 1. The zero-order chi connectivity index (χ0) is 14.0. The molecule has 1 saturated heterocycles. The molecule has 0 unspecified atom stereocenters. The zero-order valence-electron chi connectivity index (χ0n) is 11.5. The maximum atomic E-state index is 12.2. The number of likely N-dealkylation sites (tertiary alicyclic amines) is 1. The zero-order valence-corrected chi connectivity index (χ0v) is 12.3. The van der Waals surface area contributed by atoms with E-state index in [2.05, 4.69) is 4.98 Å². The Kier molecular flexibility index (Phi) is 3.99. The van der Waals surface area contributed by atoms with Gasteiger partial charge >= 0.3 is 6.09 Å². The Morgan fingerprint density at radius 1 is 1.47 bits per heavy atom. The molecule has 0 aliphatic carbocycles. The van der Waals surface area contributed by atoms with Crippen LogP contribution in [-0.2, 0) is 4.74 Å². The van der Waals surface area contributed by atoms with Crippen molar-refractivity contribution in [3.8, 4) is 0 Å². The molecule has 1 aliphatic rings. The van der Waals surface area contributed by atoms with Crippen LogP contribution in [0.3, 0.4) is 0 Å². The van der Waals surface area contributed by atoms with E-state index >= 15 is 0 Å². The highest BCUT2D eigenvalue weighted by Crippen LogP contribution is 2.33. The highest BCUT2D eigenvalue weighted by molar-refractivity contribution is 6.30. The van der Waals surface area contributed by atoms with Crippen molar-refractivity contribution >= 4 is 17.7 Å². The van der Waals surface area contributed by atoms with E-state index in [1.807, 2.05) is 26.8 Å². The van der Waals surface area contributed by atoms with Crippen molar-refractivity contribution < 1.29 is 9.53 Å². The molecule has 104 valence electrons. The van der Waals surface area contributed by atoms with Gasteiger partial charge in [-0.15, -0.1) is 0 Å². The molecule has 0 saturated carbocycles. The lowest BCUT2D eigenvalue weighted by molar-refractivity contribution is 0.0224. The monoisotopic (exact) mass is 282 g/mol. The number of aromatic nitrogens is 1. The Labute approximate surface area is 118 Å². The lowest BCUT2D eigenvalue weighted by Gasteiger charge is -2.28. The molecule has 0 N–H and O–H groups in total. The Morgan fingerprint density at radius 3 is 2.84 bits per heavy atom. The van der Waals surface area contributed by atoms with Gasteiger partial charge in [0.05, 0.1) is 11.1 Å². The fourth-order valence-corrected chi connectivity index (χ4v) is 2.45. The number of hydrogen-bond acceptors (Lipinski definition) is 3. The van der Waals surface area contributed by atoms with E-state index in [1.54, 1.807) is 17.3 Å². The number of hydrogen-bond donors (Lipinski definition) is 0. The van der Waals surface area contributed by atoms with Gasteiger partial charge < -0.3 is 9.64 Å². The highest BCUT2D eigenvalue weighted by atomic mass is 35.5.